The van der Waals surface area contributed by atoms with E-state index in [0.29, 0.717) is 6.42 Å². The molecule has 24 heavy (non-hydrogen) atoms. The third-order valence-electron chi connectivity index (χ3n) is 4.45. The van der Waals surface area contributed by atoms with Gasteiger partial charge in [-0.2, -0.15) is 5.10 Å². The third kappa shape index (κ3) is 3.73. The van der Waals surface area contributed by atoms with Crippen LogP contribution in [-0.4, -0.2) is 16.6 Å². The van der Waals surface area contributed by atoms with Gasteiger partial charge in [0.15, 0.2) is 0 Å². The first-order valence-electron chi connectivity index (χ1n) is 8.79. The van der Waals surface area contributed by atoms with Crippen molar-refractivity contribution in [2.45, 2.75) is 45.1 Å². The van der Waals surface area contributed by atoms with Crippen molar-refractivity contribution < 1.29 is 4.79 Å². The van der Waals surface area contributed by atoms with Crippen LogP contribution in [0.5, 0.6) is 0 Å². The normalized spacial score (nSPS) is 17.0. The molecular formula is C21H24N2O. The number of benzene rings is 2. The number of rotatable bonds is 6. The van der Waals surface area contributed by atoms with E-state index in [4.69, 9.17) is 5.10 Å². The van der Waals surface area contributed by atoms with E-state index in [1.54, 1.807) is 5.01 Å². The van der Waals surface area contributed by atoms with Crippen LogP contribution < -0.4 is 0 Å². The summed E-state index contributed by atoms with van der Waals surface area (Å²) in [5.41, 5.74) is 3.24. The number of carbonyl (C=O) groups is 1. The highest BCUT2D eigenvalue weighted by atomic mass is 16.2. The molecule has 1 heterocycles. The fraction of sp³-hybridized carbons (Fsp3) is 0.333. The first-order valence-corrected chi connectivity index (χ1v) is 8.79. The summed E-state index contributed by atoms with van der Waals surface area (Å²) >= 11 is 0. The van der Waals surface area contributed by atoms with Crippen LogP contribution in [0.4, 0.5) is 0 Å². The molecule has 0 aliphatic carbocycles. The molecule has 124 valence electrons. The molecule has 0 saturated carbocycles. The molecule has 1 aliphatic heterocycles. The van der Waals surface area contributed by atoms with Crippen LogP contribution in [0.1, 0.15) is 56.2 Å². The van der Waals surface area contributed by atoms with Crippen molar-refractivity contribution in [3.8, 4) is 0 Å². The van der Waals surface area contributed by atoms with Crippen LogP contribution >= 0.6 is 0 Å². The zero-order valence-corrected chi connectivity index (χ0v) is 14.2. The Kier molecular flexibility index (Phi) is 5.42. The van der Waals surface area contributed by atoms with E-state index in [1.165, 1.54) is 0 Å². The maximum atomic E-state index is 12.7. The van der Waals surface area contributed by atoms with Gasteiger partial charge < -0.3 is 0 Å². The second-order valence-corrected chi connectivity index (χ2v) is 6.24. The number of hydrazone groups is 1. The first kappa shape index (κ1) is 16.4. The van der Waals surface area contributed by atoms with E-state index in [1.807, 2.05) is 36.4 Å². The van der Waals surface area contributed by atoms with Crippen LogP contribution in [0.3, 0.4) is 0 Å². The summed E-state index contributed by atoms with van der Waals surface area (Å²) in [6, 6.07) is 20.4. The monoisotopic (exact) mass is 320 g/mol. The highest BCUT2D eigenvalue weighted by molar-refractivity contribution is 6.03. The van der Waals surface area contributed by atoms with Crippen molar-refractivity contribution in [3.63, 3.8) is 0 Å². The van der Waals surface area contributed by atoms with Gasteiger partial charge in [-0.25, -0.2) is 5.01 Å². The smallest absolute Gasteiger partial charge is 0.243 e. The summed E-state index contributed by atoms with van der Waals surface area (Å²) in [5.74, 6) is 0.128. The van der Waals surface area contributed by atoms with Gasteiger partial charge in [0.05, 0.1) is 11.8 Å². The summed E-state index contributed by atoms with van der Waals surface area (Å²) in [5, 5.41) is 6.41. The van der Waals surface area contributed by atoms with Gasteiger partial charge in [0.1, 0.15) is 0 Å². The summed E-state index contributed by atoms with van der Waals surface area (Å²) < 4.78 is 0. The second-order valence-electron chi connectivity index (χ2n) is 6.24. The van der Waals surface area contributed by atoms with Gasteiger partial charge in [-0.05, 0) is 17.5 Å². The van der Waals surface area contributed by atoms with Crippen LogP contribution in [0.25, 0.3) is 0 Å². The average molecular weight is 320 g/mol. The molecule has 0 saturated heterocycles. The van der Waals surface area contributed by atoms with Crippen LogP contribution in [0.15, 0.2) is 65.8 Å². The molecule has 1 atom stereocenters. The number of hydrogen-bond donors (Lipinski definition) is 0. The molecule has 2 aromatic rings. The van der Waals surface area contributed by atoms with Crippen LogP contribution in [-0.2, 0) is 4.79 Å². The molecule has 2 aromatic carbocycles. The molecule has 1 aliphatic rings. The summed E-state index contributed by atoms with van der Waals surface area (Å²) in [6.07, 6.45) is 4.48. The van der Waals surface area contributed by atoms with E-state index < -0.39 is 0 Å². The van der Waals surface area contributed by atoms with Gasteiger partial charge in [-0.1, -0.05) is 80.4 Å². The summed E-state index contributed by atoms with van der Waals surface area (Å²) in [6.45, 7) is 2.15. The Bertz CT molecular complexity index is 694. The van der Waals surface area contributed by atoms with Crippen molar-refractivity contribution in [1.29, 1.82) is 0 Å². The number of nitrogens with zero attached hydrogens (tertiary/aromatic N) is 2. The van der Waals surface area contributed by atoms with E-state index in [-0.39, 0.29) is 11.9 Å². The zero-order valence-electron chi connectivity index (χ0n) is 14.2. The average Bonchev–Trinajstić information content (AvgIpc) is 3.09. The molecule has 0 aromatic heterocycles. The lowest BCUT2D eigenvalue weighted by atomic mass is 9.98. The topological polar surface area (TPSA) is 32.7 Å². The van der Waals surface area contributed by atoms with E-state index in [2.05, 4.69) is 31.2 Å². The van der Waals surface area contributed by atoms with Gasteiger partial charge in [0.2, 0.25) is 5.91 Å². The van der Waals surface area contributed by atoms with Gasteiger partial charge >= 0.3 is 0 Å². The van der Waals surface area contributed by atoms with Gasteiger partial charge in [0.25, 0.3) is 0 Å². The highest BCUT2D eigenvalue weighted by Gasteiger charge is 2.32. The van der Waals surface area contributed by atoms with Crippen LogP contribution in [0, 0.1) is 0 Å². The standard InChI is InChI=1S/C21H24N2O/c1-2-3-6-15-21(24)23-20(18-13-9-5-10-14-18)16-19(22-23)17-11-7-4-8-12-17/h4-5,7-14,20H,2-3,6,15-16H2,1H3. The molecule has 3 nitrogen and oxygen atoms in total. The number of unbranched alkanes of at least 4 members (excludes halogenated alkanes) is 2. The number of amides is 1. The molecular weight excluding hydrogens is 296 g/mol. The SMILES string of the molecule is CCCCCC(=O)N1N=C(c2ccccc2)CC1c1ccccc1. The Labute approximate surface area is 144 Å². The Morgan fingerprint density at radius 2 is 1.71 bits per heavy atom. The minimum absolute atomic E-state index is 0.00975. The lowest BCUT2D eigenvalue weighted by molar-refractivity contribution is -0.133. The number of carbonyl (C=O) groups excluding carboxylic acids is 1. The second kappa shape index (κ2) is 7.91. The summed E-state index contributed by atoms with van der Waals surface area (Å²) in [7, 11) is 0. The van der Waals surface area contributed by atoms with Gasteiger partial charge in [-0.15, -0.1) is 0 Å². The van der Waals surface area contributed by atoms with Crippen molar-refractivity contribution >= 4 is 11.6 Å². The molecule has 3 rings (SSSR count). The van der Waals surface area contributed by atoms with Crippen molar-refractivity contribution in [2.24, 2.45) is 5.10 Å². The van der Waals surface area contributed by atoms with Crippen LogP contribution in [0.2, 0.25) is 0 Å². The maximum absolute atomic E-state index is 12.7. The Balaban J connectivity index is 1.84. The lowest BCUT2D eigenvalue weighted by Gasteiger charge is -2.22. The molecule has 0 fully saturated rings. The predicted octanol–water partition coefficient (Wildman–Crippen LogP) is 4.94. The van der Waals surface area contributed by atoms with E-state index >= 15 is 0 Å². The maximum Gasteiger partial charge on any atom is 0.243 e. The van der Waals surface area contributed by atoms with Gasteiger partial charge in [-0.3, -0.25) is 4.79 Å². The van der Waals surface area contributed by atoms with Crippen molar-refractivity contribution in [1.82, 2.24) is 5.01 Å². The molecule has 1 amide bonds. The molecule has 0 bridgehead atoms. The van der Waals surface area contributed by atoms with Crippen molar-refractivity contribution in [2.75, 3.05) is 0 Å². The Hall–Kier alpha value is -2.42. The minimum atomic E-state index is 0.00975. The number of hydrogen-bond acceptors (Lipinski definition) is 2. The lowest BCUT2D eigenvalue weighted by Crippen LogP contribution is -2.26. The largest absolute Gasteiger partial charge is 0.273 e. The first-order chi connectivity index (χ1) is 11.8. The fourth-order valence-electron chi connectivity index (χ4n) is 3.12. The third-order valence-corrected chi connectivity index (χ3v) is 4.45. The minimum Gasteiger partial charge on any atom is -0.273 e. The fourth-order valence-corrected chi connectivity index (χ4v) is 3.12. The Morgan fingerprint density at radius 3 is 2.38 bits per heavy atom. The molecule has 3 heteroatoms. The summed E-state index contributed by atoms with van der Waals surface area (Å²) in [4.78, 5) is 12.7. The quantitative estimate of drug-likeness (QED) is 0.694. The highest BCUT2D eigenvalue weighted by Crippen LogP contribution is 2.33. The predicted molar refractivity (Wildman–Crippen MR) is 97.8 cm³/mol. The van der Waals surface area contributed by atoms with Gasteiger partial charge in [0, 0.05) is 12.8 Å². The molecule has 0 N–H and O–H groups in total. The Morgan fingerprint density at radius 1 is 1.04 bits per heavy atom. The molecule has 0 radical (unpaired) electrons. The van der Waals surface area contributed by atoms with E-state index in [0.717, 1.165) is 42.5 Å². The molecule has 0 spiro atoms. The van der Waals surface area contributed by atoms with Crippen molar-refractivity contribution in [3.05, 3.63) is 71.8 Å². The zero-order chi connectivity index (χ0) is 16.8. The molecule has 1 unspecified atom stereocenters. The van der Waals surface area contributed by atoms with E-state index in [9.17, 15) is 4.79 Å².